The molecule has 0 radical (unpaired) electrons. The van der Waals surface area contributed by atoms with Crippen LogP contribution in [0, 0.1) is 5.82 Å². The molecule has 0 fully saturated rings. The third-order valence-electron chi connectivity index (χ3n) is 2.30. The lowest BCUT2D eigenvalue weighted by Gasteiger charge is -2.09. The smallest absolute Gasteiger partial charge is 0.262 e. The van der Waals surface area contributed by atoms with E-state index in [1.807, 2.05) is 0 Å². The summed E-state index contributed by atoms with van der Waals surface area (Å²) < 4.78 is 39.8. The Balaban J connectivity index is 2.39. The van der Waals surface area contributed by atoms with E-state index in [9.17, 15) is 12.8 Å². The Bertz CT molecular complexity index is 719. The second-order valence-electron chi connectivity index (χ2n) is 3.66. The molecule has 0 aromatic heterocycles. The summed E-state index contributed by atoms with van der Waals surface area (Å²) in [7, 11) is -3.91. The van der Waals surface area contributed by atoms with Crippen molar-refractivity contribution in [3.8, 4) is 0 Å². The molecular formula is C12H8Cl2FNO2S. The Labute approximate surface area is 120 Å². The molecule has 0 saturated carbocycles. The van der Waals surface area contributed by atoms with Crippen LogP contribution < -0.4 is 4.72 Å². The molecule has 2 rings (SSSR count). The van der Waals surface area contributed by atoms with Crippen LogP contribution in [-0.2, 0) is 10.0 Å². The molecule has 0 saturated heterocycles. The van der Waals surface area contributed by atoms with Gasteiger partial charge in [-0.1, -0.05) is 35.3 Å². The van der Waals surface area contributed by atoms with Gasteiger partial charge in [0.15, 0.2) is 5.82 Å². The van der Waals surface area contributed by atoms with Crippen molar-refractivity contribution in [1.82, 2.24) is 0 Å². The Hall–Kier alpha value is -1.30. The van der Waals surface area contributed by atoms with E-state index in [-0.39, 0.29) is 20.6 Å². The van der Waals surface area contributed by atoms with Crippen molar-refractivity contribution in [1.29, 1.82) is 0 Å². The van der Waals surface area contributed by atoms with Crippen LogP contribution in [0.4, 0.5) is 10.1 Å². The van der Waals surface area contributed by atoms with Gasteiger partial charge in [0.2, 0.25) is 0 Å². The number of hydrogen-bond donors (Lipinski definition) is 1. The van der Waals surface area contributed by atoms with Crippen molar-refractivity contribution in [2.75, 3.05) is 4.72 Å². The van der Waals surface area contributed by atoms with E-state index in [0.717, 1.165) is 0 Å². The minimum Gasteiger partial charge on any atom is -0.277 e. The molecule has 3 nitrogen and oxygen atoms in total. The number of anilines is 1. The van der Waals surface area contributed by atoms with Gasteiger partial charge in [0, 0.05) is 5.02 Å². The lowest BCUT2D eigenvalue weighted by Crippen LogP contribution is -2.14. The predicted molar refractivity (Wildman–Crippen MR) is 73.7 cm³/mol. The zero-order valence-electron chi connectivity index (χ0n) is 9.40. The van der Waals surface area contributed by atoms with Gasteiger partial charge in [0.05, 0.1) is 15.6 Å². The molecule has 19 heavy (non-hydrogen) atoms. The van der Waals surface area contributed by atoms with E-state index in [0.29, 0.717) is 0 Å². The number of halogens is 3. The highest BCUT2D eigenvalue weighted by atomic mass is 35.5. The molecule has 0 aliphatic heterocycles. The van der Waals surface area contributed by atoms with Crippen LogP contribution in [0.3, 0.4) is 0 Å². The summed E-state index contributed by atoms with van der Waals surface area (Å²) in [6.07, 6.45) is 0. The van der Waals surface area contributed by atoms with Gasteiger partial charge < -0.3 is 0 Å². The molecule has 100 valence electrons. The molecule has 0 atom stereocenters. The maximum atomic E-state index is 13.6. The van der Waals surface area contributed by atoms with E-state index in [2.05, 4.69) is 4.72 Å². The topological polar surface area (TPSA) is 46.2 Å². The normalized spacial score (nSPS) is 11.3. The van der Waals surface area contributed by atoms with E-state index in [4.69, 9.17) is 23.2 Å². The third kappa shape index (κ3) is 3.18. The van der Waals surface area contributed by atoms with Crippen molar-refractivity contribution in [3.05, 3.63) is 58.3 Å². The van der Waals surface area contributed by atoms with Gasteiger partial charge in [-0.15, -0.1) is 0 Å². The molecule has 0 spiro atoms. The summed E-state index contributed by atoms with van der Waals surface area (Å²) >= 11 is 11.3. The third-order valence-corrected chi connectivity index (χ3v) is 4.19. The van der Waals surface area contributed by atoms with E-state index in [1.54, 1.807) is 6.07 Å². The molecule has 0 unspecified atom stereocenters. The first-order valence-electron chi connectivity index (χ1n) is 5.12. The van der Waals surface area contributed by atoms with Gasteiger partial charge in [-0.05, 0) is 30.3 Å². The molecule has 0 heterocycles. The Morgan fingerprint density at radius 1 is 1.05 bits per heavy atom. The fourth-order valence-electron chi connectivity index (χ4n) is 1.42. The van der Waals surface area contributed by atoms with E-state index >= 15 is 0 Å². The summed E-state index contributed by atoms with van der Waals surface area (Å²) in [5.74, 6) is -0.824. The van der Waals surface area contributed by atoms with Crippen LogP contribution in [0.5, 0.6) is 0 Å². The molecule has 0 amide bonds. The highest BCUT2D eigenvalue weighted by Crippen LogP contribution is 2.25. The number of nitrogens with one attached hydrogen (secondary N) is 1. The average molecular weight is 320 g/mol. The van der Waals surface area contributed by atoms with Crippen molar-refractivity contribution < 1.29 is 12.8 Å². The van der Waals surface area contributed by atoms with Crippen LogP contribution in [0.25, 0.3) is 0 Å². The van der Waals surface area contributed by atoms with E-state index < -0.39 is 15.8 Å². The second-order valence-corrected chi connectivity index (χ2v) is 6.19. The molecule has 1 N–H and O–H groups in total. The Kier molecular flexibility index (Phi) is 3.99. The van der Waals surface area contributed by atoms with Crippen LogP contribution in [0.2, 0.25) is 10.0 Å². The summed E-state index contributed by atoms with van der Waals surface area (Å²) in [6, 6.07) is 9.72. The van der Waals surface area contributed by atoms with Crippen LogP contribution in [-0.4, -0.2) is 8.42 Å². The van der Waals surface area contributed by atoms with Crippen molar-refractivity contribution in [2.45, 2.75) is 4.90 Å². The fraction of sp³-hybridized carbons (Fsp3) is 0. The summed E-state index contributed by atoms with van der Waals surface area (Å²) in [4.78, 5) is -0.0561. The molecule has 2 aromatic carbocycles. The number of rotatable bonds is 3. The standard InChI is InChI=1S/C12H8Cl2FNO2S/c13-8-3-1-4-9(7-8)19(17,18)16-11-6-2-5-10(14)12(11)15/h1-7,16H. The highest BCUT2D eigenvalue weighted by Gasteiger charge is 2.17. The second kappa shape index (κ2) is 5.36. The first-order chi connectivity index (χ1) is 8.90. The highest BCUT2D eigenvalue weighted by molar-refractivity contribution is 7.92. The molecule has 0 aliphatic rings. The van der Waals surface area contributed by atoms with Gasteiger partial charge in [0.1, 0.15) is 0 Å². The fourth-order valence-corrected chi connectivity index (χ4v) is 2.95. The van der Waals surface area contributed by atoms with Crippen LogP contribution in [0.15, 0.2) is 47.4 Å². The lowest BCUT2D eigenvalue weighted by atomic mass is 10.3. The zero-order chi connectivity index (χ0) is 14.0. The summed E-state index contributed by atoms with van der Waals surface area (Å²) in [5, 5.41) is 0.112. The molecule has 0 bridgehead atoms. The van der Waals surface area contributed by atoms with Gasteiger partial charge in [-0.25, -0.2) is 12.8 Å². The Morgan fingerprint density at radius 3 is 2.42 bits per heavy atom. The summed E-state index contributed by atoms with van der Waals surface area (Å²) in [5.41, 5.74) is -0.215. The van der Waals surface area contributed by atoms with Crippen molar-refractivity contribution in [3.63, 3.8) is 0 Å². The van der Waals surface area contributed by atoms with Crippen LogP contribution in [0.1, 0.15) is 0 Å². The molecule has 2 aromatic rings. The van der Waals surface area contributed by atoms with Gasteiger partial charge in [-0.3, -0.25) is 4.72 Å². The number of benzene rings is 2. The zero-order valence-corrected chi connectivity index (χ0v) is 11.7. The first-order valence-corrected chi connectivity index (χ1v) is 7.36. The molecule has 7 heteroatoms. The minimum atomic E-state index is -3.91. The molecular weight excluding hydrogens is 312 g/mol. The average Bonchev–Trinajstić information content (AvgIpc) is 2.35. The number of sulfonamides is 1. The van der Waals surface area contributed by atoms with Crippen molar-refractivity contribution >= 4 is 38.9 Å². The summed E-state index contributed by atoms with van der Waals surface area (Å²) in [6.45, 7) is 0. The minimum absolute atomic E-state index is 0.0561. The van der Waals surface area contributed by atoms with Crippen molar-refractivity contribution in [2.24, 2.45) is 0 Å². The van der Waals surface area contributed by atoms with Gasteiger partial charge in [0.25, 0.3) is 10.0 Å². The number of hydrogen-bond acceptors (Lipinski definition) is 2. The van der Waals surface area contributed by atoms with E-state index in [1.165, 1.54) is 36.4 Å². The largest absolute Gasteiger partial charge is 0.277 e. The maximum Gasteiger partial charge on any atom is 0.262 e. The monoisotopic (exact) mass is 319 g/mol. The van der Waals surface area contributed by atoms with Crippen LogP contribution >= 0.6 is 23.2 Å². The Morgan fingerprint density at radius 2 is 1.74 bits per heavy atom. The molecule has 0 aliphatic carbocycles. The lowest BCUT2D eigenvalue weighted by molar-refractivity contribution is 0.598. The van der Waals surface area contributed by atoms with Gasteiger partial charge in [-0.2, -0.15) is 0 Å². The SMILES string of the molecule is O=S(=O)(Nc1cccc(Cl)c1F)c1cccc(Cl)c1. The van der Waals surface area contributed by atoms with Gasteiger partial charge >= 0.3 is 0 Å². The quantitative estimate of drug-likeness (QED) is 0.931. The maximum absolute atomic E-state index is 13.6. The predicted octanol–water partition coefficient (Wildman–Crippen LogP) is 3.93. The first kappa shape index (κ1) is 14.1.